The lowest BCUT2D eigenvalue weighted by atomic mass is 9.93. The summed E-state index contributed by atoms with van der Waals surface area (Å²) in [6, 6.07) is 10.4. The van der Waals surface area contributed by atoms with Crippen LogP contribution in [-0.2, 0) is 0 Å². The summed E-state index contributed by atoms with van der Waals surface area (Å²) in [5, 5.41) is 3.73. The zero-order valence-corrected chi connectivity index (χ0v) is 14.9. The van der Waals surface area contributed by atoms with Crippen molar-refractivity contribution in [2.45, 2.75) is 82.3 Å². The Morgan fingerprint density at radius 2 is 1.58 bits per heavy atom. The van der Waals surface area contributed by atoms with Crippen LogP contribution in [0.1, 0.15) is 64.2 Å². The van der Waals surface area contributed by atoms with Crippen LogP contribution in [0.25, 0.3) is 0 Å². The highest BCUT2D eigenvalue weighted by molar-refractivity contribution is 5.66. The van der Waals surface area contributed by atoms with Gasteiger partial charge in [0.25, 0.3) is 0 Å². The van der Waals surface area contributed by atoms with Gasteiger partial charge in [0.2, 0.25) is 0 Å². The van der Waals surface area contributed by atoms with Crippen molar-refractivity contribution >= 4 is 11.4 Å². The molecule has 0 spiro atoms. The van der Waals surface area contributed by atoms with E-state index in [1.807, 2.05) is 12.1 Å². The number of anilines is 2. The first-order valence-electron chi connectivity index (χ1n) is 10.2. The zero-order valence-electron chi connectivity index (χ0n) is 14.9. The smallest absolute Gasteiger partial charge is 0.0576 e. The summed E-state index contributed by atoms with van der Waals surface area (Å²) in [7, 11) is 0. The monoisotopic (exact) mass is 327 g/mol. The van der Waals surface area contributed by atoms with E-state index in [-0.39, 0.29) is 0 Å². The molecule has 0 aromatic heterocycles. The molecule has 3 aliphatic rings. The minimum absolute atomic E-state index is 0.595. The van der Waals surface area contributed by atoms with Gasteiger partial charge in [0.15, 0.2) is 0 Å². The summed E-state index contributed by atoms with van der Waals surface area (Å²) in [6.07, 6.45) is 14.2. The molecule has 3 nitrogen and oxygen atoms in total. The molecule has 24 heavy (non-hydrogen) atoms. The molecule has 3 heteroatoms. The Kier molecular flexibility index (Phi) is 4.98. The number of hydrogen-bond donors (Lipinski definition) is 2. The third-order valence-electron chi connectivity index (χ3n) is 6.65. The highest BCUT2D eigenvalue weighted by Gasteiger charge is 2.41. The van der Waals surface area contributed by atoms with E-state index in [4.69, 9.17) is 5.73 Å². The van der Waals surface area contributed by atoms with Crippen LogP contribution in [0, 0.1) is 5.92 Å². The van der Waals surface area contributed by atoms with E-state index < -0.39 is 0 Å². The average molecular weight is 328 g/mol. The molecular formula is C21H33N3. The minimum Gasteiger partial charge on any atom is -0.397 e. The van der Waals surface area contributed by atoms with E-state index in [1.165, 1.54) is 70.8 Å². The molecule has 0 radical (unpaired) electrons. The van der Waals surface area contributed by atoms with Gasteiger partial charge in [0, 0.05) is 24.7 Å². The molecular weight excluding hydrogens is 294 g/mol. The summed E-state index contributed by atoms with van der Waals surface area (Å²) in [5.41, 5.74) is 8.12. The number of para-hydroxylation sites is 2. The number of piperidine rings is 1. The summed E-state index contributed by atoms with van der Waals surface area (Å²) in [6.45, 7) is 1.37. The predicted octanol–water partition coefficient (Wildman–Crippen LogP) is 4.65. The van der Waals surface area contributed by atoms with E-state index in [0.717, 1.165) is 29.4 Å². The van der Waals surface area contributed by atoms with E-state index in [1.54, 1.807) is 0 Å². The number of nitrogens with one attached hydrogen (secondary N) is 1. The van der Waals surface area contributed by atoms with Crippen molar-refractivity contribution in [3.8, 4) is 0 Å². The fourth-order valence-corrected chi connectivity index (χ4v) is 5.38. The van der Waals surface area contributed by atoms with Crippen molar-refractivity contribution in [3.05, 3.63) is 24.3 Å². The zero-order chi connectivity index (χ0) is 16.4. The van der Waals surface area contributed by atoms with Crippen LogP contribution in [0.3, 0.4) is 0 Å². The lowest BCUT2D eigenvalue weighted by Crippen LogP contribution is -2.48. The predicted molar refractivity (Wildman–Crippen MR) is 102 cm³/mol. The van der Waals surface area contributed by atoms with Crippen LogP contribution >= 0.6 is 0 Å². The second kappa shape index (κ2) is 7.35. The van der Waals surface area contributed by atoms with Crippen molar-refractivity contribution in [2.24, 2.45) is 5.92 Å². The number of hydrogen-bond acceptors (Lipinski definition) is 3. The molecule has 2 unspecified atom stereocenters. The van der Waals surface area contributed by atoms with Gasteiger partial charge in [-0.15, -0.1) is 0 Å². The van der Waals surface area contributed by atoms with E-state index >= 15 is 0 Å². The van der Waals surface area contributed by atoms with Gasteiger partial charge in [-0.3, -0.25) is 4.90 Å². The van der Waals surface area contributed by atoms with Crippen LogP contribution < -0.4 is 11.1 Å². The standard InChI is InChI=1S/C21H33N3/c22-20-9-5-6-10-21(20)23-17-13-18-11-12-19(14-17)24(18)15-16-7-3-1-2-4-8-16/h5-6,9-10,16-19,23H,1-4,7-8,11-15,22H2. The average Bonchev–Trinajstić information content (AvgIpc) is 2.79. The molecule has 1 aliphatic carbocycles. The Bertz CT molecular complexity index is 522. The van der Waals surface area contributed by atoms with Gasteiger partial charge >= 0.3 is 0 Å². The van der Waals surface area contributed by atoms with Crippen molar-refractivity contribution in [1.29, 1.82) is 0 Å². The van der Waals surface area contributed by atoms with Crippen molar-refractivity contribution in [2.75, 3.05) is 17.6 Å². The maximum absolute atomic E-state index is 6.12. The highest BCUT2D eigenvalue weighted by Crippen LogP contribution is 2.39. The highest BCUT2D eigenvalue weighted by atomic mass is 15.2. The van der Waals surface area contributed by atoms with Crippen molar-refractivity contribution < 1.29 is 0 Å². The summed E-state index contributed by atoms with van der Waals surface area (Å²) >= 11 is 0. The number of rotatable bonds is 4. The second-order valence-corrected chi connectivity index (χ2v) is 8.34. The Morgan fingerprint density at radius 1 is 0.917 bits per heavy atom. The molecule has 132 valence electrons. The van der Waals surface area contributed by atoms with Crippen LogP contribution in [-0.4, -0.2) is 29.6 Å². The molecule has 2 atom stereocenters. The van der Waals surface area contributed by atoms with Gasteiger partial charge in [0.1, 0.15) is 0 Å². The maximum atomic E-state index is 6.12. The van der Waals surface area contributed by atoms with Gasteiger partial charge in [-0.1, -0.05) is 37.8 Å². The third kappa shape index (κ3) is 3.56. The van der Waals surface area contributed by atoms with Gasteiger partial charge in [-0.05, 0) is 56.6 Å². The number of fused-ring (bicyclic) bond motifs is 2. The lowest BCUT2D eigenvalue weighted by molar-refractivity contribution is 0.106. The summed E-state index contributed by atoms with van der Waals surface area (Å²) < 4.78 is 0. The number of benzene rings is 1. The first kappa shape index (κ1) is 16.3. The maximum Gasteiger partial charge on any atom is 0.0576 e. The Labute approximate surface area is 147 Å². The molecule has 2 heterocycles. The van der Waals surface area contributed by atoms with E-state index in [2.05, 4.69) is 22.3 Å². The van der Waals surface area contributed by atoms with Gasteiger partial charge < -0.3 is 11.1 Å². The van der Waals surface area contributed by atoms with Crippen molar-refractivity contribution in [3.63, 3.8) is 0 Å². The van der Waals surface area contributed by atoms with Crippen LogP contribution in [0.5, 0.6) is 0 Å². The molecule has 1 aromatic rings. The number of nitrogen functional groups attached to an aromatic ring is 1. The van der Waals surface area contributed by atoms with Crippen LogP contribution in [0.15, 0.2) is 24.3 Å². The van der Waals surface area contributed by atoms with Gasteiger partial charge in [-0.2, -0.15) is 0 Å². The Balaban J connectivity index is 1.36. The van der Waals surface area contributed by atoms with Gasteiger partial charge in [0.05, 0.1) is 11.4 Å². The van der Waals surface area contributed by atoms with E-state index in [9.17, 15) is 0 Å². The normalized spacial score (nSPS) is 31.8. The van der Waals surface area contributed by atoms with Gasteiger partial charge in [-0.25, -0.2) is 0 Å². The summed E-state index contributed by atoms with van der Waals surface area (Å²) in [5.74, 6) is 0.963. The topological polar surface area (TPSA) is 41.3 Å². The Hall–Kier alpha value is -1.22. The molecule has 2 saturated heterocycles. The molecule has 3 fully saturated rings. The number of nitrogens with zero attached hydrogens (tertiary/aromatic N) is 1. The first-order chi connectivity index (χ1) is 11.8. The second-order valence-electron chi connectivity index (χ2n) is 8.34. The third-order valence-corrected chi connectivity index (χ3v) is 6.65. The lowest BCUT2D eigenvalue weighted by Gasteiger charge is -2.41. The van der Waals surface area contributed by atoms with Crippen LogP contribution in [0.4, 0.5) is 11.4 Å². The largest absolute Gasteiger partial charge is 0.397 e. The molecule has 1 saturated carbocycles. The number of nitrogens with two attached hydrogens (primary N) is 1. The molecule has 2 bridgehead atoms. The fraction of sp³-hybridized carbons (Fsp3) is 0.714. The fourth-order valence-electron chi connectivity index (χ4n) is 5.38. The molecule has 4 rings (SSSR count). The molecule has 1 aromatic carbocycles. The van der Waals surface area contributed by atoms with E-state index in [0.29, 0.717) is 6.04 Å². The minimum atomic E-state index is 0.595. The first-order valence-corrected chi connectivity index (χ1v) is 10.2. The van der Waals surface area contributed by atoms with Crippen molar-refractivity contribution in [1.82, 2.24) is 4.90 Å². The Morgan fingerprint density at radius 3 is 2.25 bits per heavy atom. The quantitative estimate of drug-likeness (QED) is 0.625. The molecule has 3 N–H and O–H groups in total. The van der Waals surface area contributed by atoms with Crippen LogP contribution in [0.2, 0.25) is 0 Å². The SMILES string of the molecule is Nc1ccccc1NC1CC2CCC(C1)N2CC1CCCCCC1. The summed E-state index contributed by atoms with van der Waals surface area (Å²) in [4.78, 5) is 2.89. The molecule has 2 aliphatic heterocycles. The molecule has 0 amide bonds.